The van der Waals surface area contributed by atoms with Crippen LogP contribution in [-0.4, -0.2) is 46.4 Å². The van der Waals surface area contributed by atoms with Crippen molar-refractivity contribution in [2.45, 2.75) is 82.2 Å². The number of urea groups is 1. The molecule has 46 heavy (non-hydrogen) atoms. The van der Waals surface area contributed by atoms with E-state index < -0.39 is 0 Å². The molecule has 3 aromatic carbocycles. The molecule has 0 bridgehead atoms. The van der Waals surface area contributed by atoms with Crippen LogP contribution in [0.1, 0.15) is 75.0 Å². The van der Waals surface area contributed by atoms with Crippen LogP contribution in [0.15, 0.2) is 83.1 Å². The smallest absolute Gasteiger partial charge is 0.315 e. The van der Waals surface area contributed by atoms with E-state index in [4.69, 9.17) is 0 Å². The Morgan fingerprint density at radius 2 is 1.48 bits per heavy atom. The highest BCUT2D eigenvalue weighted by molar-refractivity contribution is 8.22. The molecule has 3 atom stereocenters. The first-order chi connectivity index (χ1) is 22.6. The Morgan fingerprint density at radius 1 is 0.826 bits per heavy atom. The first kappa shape index (κ1) is 33.1. The molecule has 0 radical (unpaired) electrons. The van der Waals surface area contributed by atoms with Crippen LogP contribution in [0.3, 0.4) is 0 Å². The Labute approximate surface area is 287 Å². The van der Waals surface area contributed by atoms with Gasteiger partial charge in [-0.2, -0.15) is 11.8 Å². The van der Waals surface area contributed by atoms with Crippen molar-refractivity contribution in [2.75, 3.05) is 22.2 Å². The summed E-state index contributed by atoms with van der Waals surface area (Å²) in [5.74, 6) is 3.49. The van der Waals surface area contributed by atoms with E-state index in [-0.39, 0.29) is 18.1 Å². The molecular weight excluding hydrogens is 627 g/mol. The van der Waals surface area contributed by atoms with Gasteiger partial charge in [-0.15, -0.1) is 23.5 Å². The number of hydrogen-bond donors (Lipinski definition) is 2. The molecule has 3 aliphatic rings. The van der Waals surface area contributed by atoms with Gasteiger partial charge in [0.15, 0.2) is 0 Å². The average molecular weight is 672 g/mol. The summed E-state index contributed by atoms with van der Waals surface area (Å²) < 4.78 is 1.40. The van der Waals surface area contributed by atoms with Crippen LogP contribution in [0.2, 0.25) is 0 Å². The quantitative estimate of drug-likeness (QED) is 0.117. The Kier molecular flexibility index (Phi) is 11.8. The monoisotopic (exact) mass is 671 g/mol. The number of carbonyl (C=O) groups excluding carboxylic acids is 2. The second-order valence-corrected chi connectivity index (χ2v) is 16.1. The molecule has 0 aromatic heterocycles. The maximum absolute atomic E-state index is 12.7. The number of thioether (sulfide) groups is 3. The maximum Gasteiger partial charge on any atom is 0.315 e. The number of nitrogens with one attached hydrogen (secondary N) is 2. The van der Waals surface area contributed by atoms with Crippen LogP contribution < -0.4 is 15.5 Å². The number of ketones is 1. The summed E-state index contributed by atoms with van der Waals surface area (Å²) in [6.07, 6.45) is 7.55. The fraction of sp³-hybridized carbons (Fsp3) is 0.421. The number of fused-ring (bicyclic) bond motifs is 3. The van der Waals surface area contributed by atoms with Crippen LogP contribution in [0.25, 0.3) is 5.57 Å². The topological polar surface area (TPSA) is 61.4 Å². The van der Waals surface area contributed by atoms with Gasteiger partial charge in [-0.1, -0.05) is 80.1 Å². The number of nitrogens with zero attached hydrogens (tertiary/aromatic N) is 1. The molecule has 242 valence electrons. The average Bonchev–Trinajstić information content (AvgIpc) is 3.64. The molecule has 6 rings (SSSR count). The van der Waals surface area contributed by atoms with Crippen molar-refractivity contribution < 1.29 is 9.59 Å². The third-order valence-corrected chi connectivity index (χ3v) is 13.2. The van der Waals surface area contributed by atoms with Crippen LogP contribution in [0.4, 0.5) is 16.2 Å². The Balaban J connectivity index is 1.05. The van der Waals surface area contributed by atoms with Crippen molar-refractivity contribution in [3.8, 4) is 0 Å². The van der Waals surface area contributed by atoms with Crippen LogP contribution in [0.5, 0.6) is 0 Å². The maximum atomic E-state index is 12.7. The number of benzene rings is 3. The fourth-order valence-corrected chi connectivity index (χ4v) is 10.7. The van der Waals surface area contributed by atoms with E-state index in [1.807, 2.05) is 35.3 Å². The molecule has 3 aliphatic heterocycles. The zero-order chi connectivity index (χ0) is 31.7. The molecule has 2 amide bonds. The predicted octanol–water partition coefficient (Wildman–Crippen LogP) is 9.40. The Hall–Kier alpha value is -2.81. The van der Waals surface area contributed by atoms with Crippen LogP contribution >= 0.6 is 35.3 Å². The summed E-state index contributed by atoms with van der Waals surface area (Å²) in [7, 11) is 0. The highest BCUT2D eigenvalue weighted by Crippen LogP contribution is 2.50. The third kappa shape index (κ3) is 8.00. The van der Waals surface area contributed by atoms with E-state index in [2.05, 4.69) is 101 Å². The highest BCUT2D eigenvalue weighted by atomic mass is 32.2. The van der Waals surface area contributed by atoms with Gasteiger partial charge >= 0.3 is 6.03 Å². The van der Waals surface area contributed by atoms with Gasteiger partial charge in [0, 0.05) is 62.7 Å². The summed E-state index contributed by atoms with van der Waals surface area (Å²) in [5, 5.41) is 6.55. The molecule has 5 nitrogen and oxygen atoms in total. The van der Waals surface area contributed by atoms with Gasteiger partial charge in [0.1, 0.15) is 5.78 Å². The van der Waals surface area contributed by atoms with Crippen LogP contribution in [-0.2, 0) is 11.3 Å². The van der Waals surface area contributed by atoms with Gasteiger partial charge in [0.05, 0.1) is 12.1 Å². The number of hydrogen-bond acceptors (Lipinski definition) is 6. The fourth-order valence-electron chi connectivity index (χ4n) is 6.68. The van der Waals surface area contributed by atoms with E-state index in [0.29, 0.717) is 23.9 Å². The molecule has 2 N–H and O–H groups in total. The lowest BCUT2D eigenvalue weighted by Crippen LogP contribution is -2.36. The van der Waals surface area contributed by atoms with Gasteiger partial charge in [0.2, 0.25) is 0 Å². The van der Waals surface area contributed by atoms with Crippen molar-refractivity contribution in [2.24, 2.45) is 0 Å². The SMILES string of the molecule is CCCSC(SCCCCC(=O)CCCC[C@H]1SC[C@H]2NC(=O)NC21)=C1c2ccccc2N(Cc2ccccc2)c2ccccc21. The van der Waals surface area contributed by atoms with Crippen molar-refractivity contribution in [1.82, 2.24) is 10.6 Å². The number of anilines is 2. The second kappa shape index (κ2) is 16.3. The minimum Gasteiger partial charge on any atom is -0.336 e. The zero-order valence-electron chi connectivity index (χ0n) is 26.7. The van der Waals surface area contributed by atoms with Crippen molar-refractivity contribution >= 4 is 64.0 Å². The number of unbranched alkanes of at least 4 members (excludes halogenated alkanes) is 2. The Bertz CT molecular complexity index is 1480. The first-order valence-corrected chi connectivity index (χ1v) is 19.8. The molecule has 3 aromatic rings. The van der Waals surface area contributed by atoms with Gasteiger partial charge in [-0.3, -0.25) is 4.79 Å². The van der Waals surface area contributed by atoms with Gasteiger partial charge in [0.25, 0.3) is 0 Å². The minimum atomic E-state index is -0.0280. The molecule has 3 heterocycles. The van der Waals surface area contributed by atoms with Gasteiger partial charge in [-0.05, 0) is 61.3 Å². The van der Waals surface area contributed by atoms with E-state index >= 15 is 0 Å². The predicted molar refractivity (Wildman–Crippen MR) is 199 cm³/mol. The number of para-hydroxylation sites is 2. The van der Waals surface area contributed by atoms with E-state index in [1.165, 1.54) is 37.9 Å². The minimum absolute atomic E-state index is 0.0280. The van der Waals surface area contributed by atoms with E-state index in [1.54, 1.807) is 0 Å². The molecule has 2 fully saturated rings. The summed E-state index contributed by atoms with van der Waals surface area (Å²) in [4.78, 5) is 26.8. The first-order valence-electron chi connectivity index (χ1n) is 16.8. The zero-order valence-corrected chi connectivity index (χ0v) is 29.2. The molecule has 0 saturated carbocycles. The van der Waals surface area contributed by atoms with Gasteiger partial charge < -0.3 is 15.5 Å². The van der Waals surface area contributed by atoms with Crippen molar-refractivity contribution in [1.29, 1.82) is 0 Å². The van der Waals surface area contributed by atoms with E-state index in [9.17, 15) is 9.59 Å². The lowest BCUT2D eigenvalue weighted by atomic mass is 9.91. The number of carbonyl (C=O) groups is 2. The largest absolute Gasteiger partial charge is 0.336 e. The molecule has 2 saturated heterocycles. The third-order valence-electron chi connectivity index (χ3n) is 8.97. The molecule has 8 heteroatoms. The molecule has 0 spiro atoms. The summed E-state index contributed by atoms with van der Waals surface area (Å²) in [5.41, 5.74) is 7.78. The van der Waals surface area contributed by atoms with Crippen molar-refractivity contribution in [3.05, 3.63) is 99.8 Å². The number of rotatable bonds is 16. The van der Waals surface area contributed by atoms with Crippen LogP contribution in [0, 0.1) is 0 Å². The number of amides is 2. The molecule has 1 unspecified atom stereocenters. The Morgan fingerprint density at radius 3 is 2.20 bits per heavy atom. The summed E-state index contributed by atoms with van der Waals surface area (Å²) in [6, 6.07) is 29.0. The second-order valence-electron chi connectivity index (χ2n) is 12.3. The standard InChI is InChI=1S/C38H45N3O2S3/c1-2-23-44-37(45-24-13-12-17-28(42)16-6-11-22-34-36-31(26-46-34)39-38(43)40-36)35-29-18-7-9-20-32(29)41(25-27-14-4-3-5-15-27)33-21-10-8-19-30(33)35/h3-5,7-10,14-15,18-21,31,34,36H,2,6,11-13,16-17,22-26H2,1H3,(H2,39,40,43)/t31-,34-,36?/m1/s1. The number of Topliss-reactive ketones (excluding diaryl/α,β-unsaturated/α-hetero) is 1. The van der Waals surface area contributed by atoms with Gasteiger partial charge in [-0.25, -0.2) is 4.79 Å². The molecular formula is C38H45N3O2S3. The normalized spacial score (nSPS) is 19.7. The molecule has 0 aliphatic carbocycles. The lowest BCUT2D eigenvalue weighted by Gasteiger charge is -2.35. The lowest BCUT2D eigenvalue weighted by molar-refractivity contribution is -0.119. The summed E-state index contributed by atoms with van der Waals surface area (Å²) in [6.45, 7) is 3.08. The highest BCUT2D eigenvalue weighted by Gasteiger charge is 2.42. The van der Waals surface area contributed by atoms with E-state index in [0.717, 1.165) is 62.3 Å². The summed E-state index contributed by atoms with van der Waals surface area (Å²) >= 11 is 5.91. The van der Waals surface area contributed by atoms with Crippen molar-refractivity contribution in [3.63, 3.8) is 0 Å².